The number of nitrogens with zero attached hydrogens (tertiary/aromatic N) is 1. The SMILES string of the molecule is C=CCn1c(O)c2c(c1O)C1CC2C2OC12[Si](CC)(CC)CC. The van der Waals surface area contributed by atoms with Gasteiger partial charge in [-0.25, -0.2) is 0 Å². The predicted molar refractivity (Wildman–Crippen MR) is 92.9 cm³/mol. The maximum absolute atomic E-state index is 10.7. The fourth-order valence-corrected chi connectivity index (χ4v) is 11.4. The van der Waals surface area contributed by atoms with Crippen molar-refractivity contribution in [1.29, 1.82) is 0 Å². The Hall–Kier alpha value is -1.20. The molecule has 0 amide bonds. The van der Waals surface area contributed by atoms with Crippen molar-refractivity contribution in [1.82, 2.24) is 4.57 Å². The first-order valence-electron chi connectivity index (χ1n) is 8.95. The molecule has 0 aromatic carbocycles. The highest BCUT2D eigenvalue weighted by Crippen LogP contribution is 2.75. The van der Waals surface area contributed by atoms with Gasteiger partial charge in [-0.15, -0.1) is 6.58 Å². The number of rotatable bonds is 6. The number of aromatic hydroxyl groups is 2. The number of fused-ring (bicyclic) bond motifs is 8. The van der Waals surface area contributed by atoms with E-state index in [4.69, 9.17) is 4.74 Å². The third-order valence-corrected chi connectivity index (χ3v) is 13.7. The predicted octanol–water partition coefficient (Wildman–Crippen LogP) is 3.86. The molecular formula is C18H27NO3Si. The molecule has 2 N–H and O–H groups in total. The Labute approximate surface area is 138 Å². The molecule has 1 aliphatic heterocycles. The van der Waals surface area contributed by atoms with E-state index in [1.807, 2.05) is 0 Å². The van der Waals surface area contributed by atoms with Gasteiger partial charge in [-0.1, -0.05) is 45.0 Å². The average molecular weight is 334 g/mol. The molecule has 4 atom stereocenters. The van der Waals surface area contributed by atoms with E-state index in [-0.39, 0.29) is 34.9 Å². The van der Waals surface area contributed by atoms with E-state index in [0.717, 1.165) is 17.5 Å². The third-order valence-electron chi connectivity index (χ3n) is 7.23. The van der Waals surface area contributed by atoms with Crippen LogP contribution in [0, 0.1) is 0 Å². The van der Waals surface area contributed by atoms with Gasteiger partial charge in [0.2, 0.25) is 0 Å². The van der Waals surface area contributed by atoms with Gasteiger partial charge in [-0.2, -0.15) is 0 Å². The number of hydrogen-bond acceptors (Lipinski definition) is 3. The molecule has 1 saturated heterocycles. The summed E-state index contributed by atoms with van der Waals surface area (Å²) in [5, 5.41) is 21.3. The van der Waals surface area contributed by atoms with Gasteiger partial charge in [0.25, 0.3) is 0 Å². The van der Waals surface area contributed by atoms with Gasteiger partial charge < -0.3 is 14.9 Å². The Balaban J connectivity index is 1.85. The Kier molecular flexibility index (Phi) is 3.11. The van der Waals surface area contributed by atoms with Gasteiger partial charge >= 0.3 is 0 Å². The standard InChI is InChI=1S/C18H27NO3Si/c1-5-9-19-16(20)13-11-10-12(14(13)17(19)21)18(15(11)22-18)23(6-2,7-3)8-4/h5,11-12,15,20-21H,1,6-10H2,2-4H3. The molecule has 1 aromatic heterocycles. The van der Waals surface area contributed by atoms with E-state index in [2.05, 4.69) is 27.4 Å². The highest BCUT2D eigenvalue weighted by atomic mass is 28.3. The van der Waals surface area contributed by atoms with Gasteiger partial charge in [0.05, 0.1) is 19.4 Å². The second-order valence-electron chi connectivity index (χ2n) is 7.44. The van der Waals surface area contributed by atoms with Crippen LogP contribution in [0.4, 0.5) is 0 Å². The van der Waals surface area contributed by atoms with Crippen LogP contribution in [0.2, 0.25) is 18.1 Å². The van der Waals surface area contributed by atoms with Crippen LogP contribution in [0.5, 0.6) is 11.8 Å². The molecule has 4 unspecified atom stereocenters. The van der Waals surface area contributed by atoms with Crippen molar-refractivity contribution in [3.05, 3.63) is 23.8 Å². The second kappa shape index (κ2) is 4.67. The molecule has 4 rings (SSSR count). The van der Waals surface area contributed by atoms with E-state index in [1.54, 1.807) is 10.6 Å². The minimum atomic E-state index is -1.55. The summed E-state index contributed by atoms with van der Waals surface area (Å²) in [7, 11) is -1.55. The molecule has 126 valence electrons. The number of epoxide rings is 1. The second-order valence-corrected chi connectivity index (χ2v) is 12.9. The molecule has 2 heterocycles. The molecule has 0 radical (unpaired) electrons. The quantitative estimate of drug-likeness (QED) is 0.472. The van der Waals surface area contributed by atoms with Crippen molar-refractivity contribution in [2.45, 2.75) is 75.0 Å². The topological polar surface area (TPSA) is 57.9 Å². The number of hydrogen-bond donors (Lipinski definition) is 2. The summed E-state index contributed by atoms with van der Waals surface area (Å²) in [5.41, 5.74) is 1.94. The van der Waals surface area contributed by atoms with E-state index in [1.165, 1.54) is 18.1 Å². The largest absolute Gasteiger partial charge is 0.494 e. The zero-order valence-corrected chi connectivity index (χ0v) is 15.3. The fraction of sp³-hybridized carbons (Fsp3) is 0.667. The van der Waals surface area contributed by atoms with Crippen LogP contribution in [0.15, 0.2) is 12.7 Å². The first-order valence-corrected chi connectivity index (χ1v) is 11.6. The Morgan fingerprint density at radius 3 is 2.39 bits per heavy atom. The summed E-state index contributed by atoms with van der Waals surface area (Å²) in [6, 6.07) is 3.69. The lowest BCUT2D eigenvalue weighted by Crippen LogP contribution is -2.52. The number of allylic oxidation sites excluding steroid dienone is 1. The van der Waals surface area contributed by atoms with Gasteiger partial charge in [-0.05, 0) is 6.42 Å². The molecule has 1 aromatic rings. The van der Waals surface area contributed by atoms with Crippen molar-refractivity contribution in [3.8, 4) is 11.8 Å². The first-order chi connectivity index (χ1) is 11.0. The molecule has 2 aliphatic carbocycles. The molecule has 1 saturated carbocycles. The number of ether oxygens (including phenoxy) is 1. The highest BCUT2D eigenvalue weighted by Gasteiger charge is 2.80. The molecule has 4 nitrogen and oxygen atoms in total. The Morgan fingerprint density at radius 2 is 1.83 bits per heavy atom. The van der Waals surface area contributed by atoms with Crippen LogP contribution in [0.3, 0.4) is 0 Å². The lowest BCUT2D eigenvalue weighted by atomic mass is 9.94. The molecule has 23 heavy (non-hydrogen) atoms. The van der Waals surface area contributed by atoms with Gasteiger partial charge in [0.15, 0.2) is 11.8 Å². The summed E-state index contributed by atoms with van der Waals surface area (Å²) < 4.78 is 8.03. The Morgan fingerprint density at radius 1 is 1.22 bits per heavy atom. The normalized spacial score (nSPS) is 33.6. The van der Waals surface area contributed by atoms with E-state index < -0.39 is 8.07 Å². The molecule has 5 heteroatoms. The van der Waals surface area contributed by atoms with E-state index in [0.29, 0.717) is 6.54 Å². The van der Waals surface area contributed by atoms with Crippen molar-refractivity contribution >= 4 is 8.07 Å². The summed E-state index contributed by atoms with van der Waals surface area (Å²) >= 11 is 0. The van der Waals surface area contributed by atoms with Gasteiger partial charge in [0, 0.05) is 29.5 Å². The van der Waals surface area contributed by atoms with Gasteiger partial charge in [0.1, 0.15) is 0 Å². The van der Waals surface area contributed by atoms with Crippen molar-refractivity contribution in [2.75, 3.05) is 0 Å². The molecule has 0 spiro atoms. The van der Waals surface area contributed by atoms with Crippen LogP contribution in [-0.4, -0.2) is 34.2 Å². The van der Waals surface area contributed by atoms with Crippen LogP contribution in [0.1, 0.15) is 50.2 Å². The zero-order valence-electron chi connectivity index (χ0n) is 14.3. The maximum Gasteiger partial charge on any atom is 0.198 e. The monoisotopic (exact) mass is 333 g/mol. The summed E-state index contributed by atoms with van der Waals surface area (Å²) in [6.45, 7) is 11.1. The van der Waals surface area contributed by atoms with Crippen LogP contribution < -0.4 is 0 Å². The number of aromatic nitrogens is 1. The highest BCUT2D eigenvalue weighted by molar-refractivity contribution is 6.83. The lowest BCUT2D eigenvalue weighted by molar-refractivity contribution is 0.263. The molecule has 2 bridgehead atoms. The van der Waals surface area contributed by atoms with Gasteiger partial charge in [-0.3, -0.25) is 4.57 Å². The van der Waals surface area contributed by atoms with E-state index >= 15 is 0 Å². The molecular weight excluding hydrogens is 306 g/mol. The van der Waals surface area contributed by atoms with Crippen molar-refractivity contribution in [3.63, 3.8) is 0 Å². The third kappa shape index (κ3) is 1.47. The van der Waals surface area contributed by atoms with Crippen LogP contribution in [-0.2, 0) is 11.3 Å². The summed E-state index contributed by atoms with van der Waals surface area (Å²) in [5.74, 6) is 1.01. The zero-order chi connectivity index (χ0) is 16.6. The Bertz CT molecular complexity index is 670. The first kappa shape index (κ1) is 15.3. The average Bonchev–Trinajstić information content (AvgIpc) is 3.00. The van der Waals surface area contributed by atoms with Crippen molar-refractivity contribution in [2.24, 2.45) is 0 Å². The molecule has 3 aliphatic rings. The molecule has 2 fully saturated rings. The van der Waals surface area contributed by atoms with E-state index in [9.17, 15) is 10.2 Å². The van der Waals surface area contributed by atoms with Crippen LogP contribution >= 0.6 is 0 Å². The smallest absolute Gasteiger partial charge is 0.198 e. The van der Waals surface area contributed by atoms with Crippen LogP contribution in [0.25, 0.3) is 0 Å². The minimum Gasteiger partial charge on any atom is -0.494 e. The summed E-state index contributed by atoms with van der Waals surface area (Å²) in [6.07, 6.45) is 3.03. The summed E-state index contributed by atoms with van der Waals surface area (Å²) in [4.78, 5) is 0. The minimum absolute atomic E-state index is 0.00714. The van der Waals surface area contributed by atoms with Crippen molar-refractivity contribution < 1.29 is 14.9 Å². The lowest BCUT2D eigenvalue weighted by Gasteiger charge is -2.38. The maximum atomic E-state index is 10.7. The fourth-order valence-electron chi connectivity index (χ4n) is 6.01.